The maximum atomic E-state index is 12.0. The van der Waals surface area contributed by atoms with E-state index in [0.717, 1.165) is 34.1 Å². The number of amides is 1. The number of halogens is 1. The highest BCUT2D eigenvalue weighted by Crippen LogP contribution is 2.25. The molecule has 3 heteroatoms. The SMILES string of the molecule is Cc1cc(NC(=O)CCCc2ccccc2)cc(C)c1Br. The van der Waals surface area contributed by atoms with Crippen LogP contribution < -0.4 is 5.32 Å². The molecule has 2 aromatic carbocycles. The third kappa shape index (κ3) is 4.71. The lowest BCUT2D eigenvalue weighted by molar-refractivity contribution is -0.116. The molecule has 1 N–H and O–H groups in total. The fraction of sp³-hybridized carbons (Fsp3) is 0.278. The summed E-state index contributed by atoms with van der Waals surface area (Å²) in [5.74, 6) is 0.0760. The summed E-state index contributed by atoms with van der Waals surface area (Å²) < 4.78 is 1.10. The smallest absolute Gasteiger partial charge is 0.224 e. The van der Waals surface area contributed by atoms with E-state index in [1.54, 1.807) is 0 Å². The first kappa shape index (κ1) is 15.8. The van der Waals surface area contributed by atoms with E-state index >= 15 is 0 Å². The second kappa shape index (κ2) is 7.41. The van der Waals surface area contributed by atoms with E-state index in [9.17, 15) is 4.79 Å². The van der Waals surface area contributed by atoms with E-state index < -0.39 is 0 Å². The van der Waals surface area contributed by atoms with E-state index in [1.165, 1.54) is 5.56 Å². The predicted octanol–water partition coefficient (Wildman–Crippen LogP) is 5.03. The number of hydrogen-bond donors (Lipinski definition) is 1. The van der Waals surface area contributed by atoms with E-state index in [2.05, 4.69) is 33.4 Å². The highest BCUT2D eigenvalue weighted by atomic mass is 79.9. The van der Waals surface area contributed by atoms with E-state index in [4.69, 9.17) is 0 Å². The topological polar surface area (TPSA) is 29.1 Å². The van der Waals surface area contributed by atoms with Crippen molar-refractivity contribution in [2.75, 3.05) is 5.32 Å². The second-order valence-corrected chi connectivity index (χ2v) is 6.10. The number of carbonyl (C=O) groups is 1. The summed E-state index contributed by atoms with van der Waals surface area (Å²) in [6.07, 6.45) is 2.35. The van der Waals surface area contributed by atoms with Crippen molar-refractivity contribution in [3.05, 3.63) is 63.6 Å². The van der Waals surface area contributed by atoms with Gasteiger partial charge in [-0.1, -0.05) is 46.3 Å². The molecule has 0 radical (unpaired) electrons. The van der Waals surface area contributed by atoms with Crippen LogP contribution in [0.4, 0.5) is 5.69 Å². The molecule has 110 valence electrons. The lowest BCUT2D eigenvalue weighted by Crippen LogP contribution is -2.11. The van der Waals surface area contributed by atoms with Gasteiger partial charge in [-0.25, -0.2) is 0 Å². The van der Waals surface area contributed by atoms with Crippen molar-refractivity contribution in [1.29, 1.82) is 0 Å². The summed E-state index contributed by atoms with van der Waals surface area (Å²) in [5.41, 5.74) is 4.42. The minimum absolute atomic E-state index is 0.0760. The van der Waals surface area contributed by atoms with Gasteiger partial charge in [0.2, 0.25) is 5.91 Å². The number of benzene rings is 2. The van der Waals surface area contributed by atoms with Crippen molar-refractivity contribution in [3.8, 4) is 0 Å². The number of aryl methyl sites for hydroxylation is 3. The molecule has 0 spiro atoms. The van der Waals surface area contributed by atoms with Crippen molar-refractivity contribution in [2.45, 2.75) is 33.1 Å². The molecular weight excluding hydrogens is 326 g/mol. The number of hydrogen-bond acceptors (Lipinski definition) is 1. The Kier molecular flexibility index (Phi) is 5.57. The Morgan fingerprint density at radius 1 is 1.10 bits per heavy atom. The van der Waals surface area contributed by atoms with Gasteiger partial charge in [-0.05, 0) is 55.5 Å². The van der Waals surface area contributed by atoms with E-state index in [1.807, 2.05) is 44.2 Å². The van der Waals surface area contributed by atoms with Crippen LogP contribution in [0, 0.1) is 13.8 Å². The van der Waals surface area contributed by atoms with Gasteiger partial charge in [-0.15, -0.1) is 0 Å². The Morgan fingerprint density at radius 2 is 1.71 bits per heavy atom. The number of rotatable bonds is 5. The standard InChI is InChI=1S/C18H20BrNO/c1-13-11-16(12-14(2)18(13)19)20-17(21)10-6-9-15-7-4-3-5-8-15/h3-5,7-8,11-12H,6,9-10H2,1-2H3,(H,20,21). The van der Waals surface area contributed by atoms with Crippen molar-refractivity contribution >= 4 is 27.5 Å². The summed E-state index contributed by atoms with van der Waals surface area (Å²) in [5, 5.41) is 2.98. The molecule has 0 aliphatic carbocycles. The zero-order valence-electron chi connectivity index (χ0n) is 12.4. The molecule has 0 saturated carbocycles. The summed E-state index contributed by atoms with van der Waals surface area (Å²) in [7, 11) is 0. The zero-order valence-corrected chi connectivity index (χ0v) is 14.0. The third-order valence-electron chi connectivity index (χ3n) is 3.43. The molecule has 0 aliphatic rings. The molecule has 0 fully saturated rings. The Balaban J connectivity index is 1.85. The summed E-state index contributed by atoms with van der Waals surface area (Å²) in [4.78, 5) is 12.0. The highest BCUT2D eigenvalue weighted by molar-refractivity contribution is 9.10. The van der Waals surface area contributed by atoms with E-state index in [0.29, 0.717) is 6.42 Å². The molecule has 0 aromatic heterocycles. The molecule has 2 nitrogen and oxygen atoms in total. The second-order valence-electron chi connectivity index (χ2n) is 5.31. The van der Waals surface area contributed by atoms with Gasteiger partial charge >= 0.3 is 0 Å². The van der Waals surface area contributed by atoms with E-state index in [-0.39, 0.29) is 5.91 Å². The fourth-order valence-electron chi connectivity index (χ4n) is 2.34. The summed E-state index contributed by atoms with van der Waals surface area (Å²) >= 11 is 3.53. The Hall–Kier alpha value is -1.61. The van der Waals surface area contributed by atoms with Crippen LogP contribution in [0.1, 0.15) is 29.5 Å². The number of nitrogens with one attached hydrogen (secondary N) is 1. The molecular formula is C18H20BrNO. The number of carbonyl (C=O) groups excluding carboxylic acids is 1. The van der Waals surface area contributed by atoms with Gasteiger partial charge in [0.15, 0.2) is 0 Å². The first-order valence-corrected chi connectivity index (χ1v) is 7.96. The van der Waals surface area contributed by atoms with Gasteiger partial charge in [0.05, 0.1) is 0 Å². The number of anilines is 1. The van der Waals surface area contributed by atoms with Crippen molar-refractivity contribution in [3.63, 3.8) is 0 Å². The Labute approximate surface area is 134 Å². The first-order chi connectivity index (χ1) is 10.1. The molecule has 0 unspecified atom stereocenters. The molecule has 2 rings (SSSR count). The van der Waals surface area contributed by atoms with Crippen LogP contribution in [0.2, 0.25) is 0 Å². The maximum Gasteiger partial charge on any atom is 0.224 e. The molecule has 0 saturated heterocycles. The van der Waals surface area contributed by atoms with Gasteiger partial charge < -0.3 is 5.32 Å². The molecule has 2 aromatic rings. The van der Waals surface area contributed by atoms with Crippen LogP contribution in [0.25, 0.3) is 0 Å². The fourth-order valence-corrected chi connectivity index (χ4v) is 2.57. The van der Waals surface area contributed by atoms with Gasteiger partial charge in [-0.2, -0.15) is 0 Å². The molecule has 0 aliphatic heterocycles. The summed E-state index contributed by atoms with van der Waals surface area (Å²) in [6.45, 7) is 4.06. The minimum Gasteiger partial charge on any atom is -0.326 e. The summed E-state index contributed by atoms with van der Waals surface area (Å²) in [6, 6.07) is 14.2. The molecule has 0 atom stereocenters. The molecule has 21 heavy (non-hydrogen) atoms. The van der Waals surface area contributed by atoms with Crippen molar-refractivity contribution in [2.24, 2.45) is 0 Å². The minimum atomic E-state index is 0.0760. The van der Waals surface area contributed by atoms with Crippen LogP contribution in [-0.2, 0) is 11.2 Å². The molecule has 0 heterocycles. The Morgan fingerprint density at radius 3 is 2.33 bits per heavy atom. The van der Waals surface area contributed by atoms with Crippen LogP contribution >= 0.6 is 15.9 Å². The molecule has 1 amide bonds. The lowest BCUT2D eigenvalue weighted by atomic mass is 10.1. The lowest BCUT2D eigenvalue weighted by Gasteiger charge is -2.09. The highest BCUT2D eigenvalue weighted by Gasteiger charge is 2.06. The first-order valence-electron chi connectivity index (χ1n) is 7.17. The van der Waals surface area contributed by atoms with Crippen LogP contribution in [-0.4, -0.2) is 5.91 Å². The van der Waals surface area contributed by atoms with Gasteiger partial charge in [0, 0.05) is 16.6 Å². The van der Waals surface area contributed by atoms with Crippen molar-refractivity contribution in [1.82, 2.24) is 0 Å². The van der Waals surface area contributed by atoms with Crippen LogP contribution in [0.3, 0.4) is 0 Å². The van der Waals surface area contributed by atoms with Gasteiger partial charge in [0.1, 0.15) is 0 Å². The normalized spacial score (nSPS) is 10.4. The Bertz CT molecular complexity index is 599. The maximum absolute atomic E-state index is 12.0. The molecule has 0 bridgehead atoms. The van der Waals surface area contributed by atoms with Gasteiger partial charge in [-0.3, -0.25) is 4.79 Å². The predicted molar refractivity (Wildman–Crippen MR) is 91.6 cm³/mol. The van der Waals surface area contributed by atoms with Crippen molar-refractivity contribution < 1.29 is 4.79 Å². The largest absolute Gasteiger partial charge is 0.326 e. The van der Waals surface area contributed by atoms with Crippen LogP contribution in [0.5, 0.6) is 0 Å². The average molecular weight is 346 g/mol. The monoisotopic (exact) mass is 345 g/mol. The zero-order chi connectivity index (χ0) is 15.2. The third-order valence-corrected chi connectivity index (χ3v) is 4.68. The van der Waals surface area contributed by atoms with Gasteiger partial charge in [0.25, 0.3) is 0 Å². The van der Waals surface area contributed by atoms with Crippen LogP contribution in [0.15, 0.2) is 46.9 Å². The quantitative estimate of drug-likeness (QED) is 0.809. The average Bonchev–Trinajstić information content (AvgIpc) is 2.46.